The highest BCUT2D eigenvalue weighted by atomic mass is 79.9. The highest BCUT2D eigenvalue weighted by molar-refractivity contribution is 9.10. The first kappa shape index (κ1) is 20.6. The van der Waals surface area contributed by atoms with Crippen LogP contribution in [-0.4, -0.2) is 47.9 Å². The number of hydrogen-bond acceptors (Lipinski definition) is 6. The van der Waals surface area contributed by atoms with Crippen molar-refractivity contribution in [3.8, 4) is 11.4 Å². The molecule has 4 heterocycles. The molecular weight excluding hydrogens is 484 g/mol. The molecule has 3 aromatic heterocycles. The van der Waals surface area contributed by atoms with Gasteiger partial charge in [0.25, 0.3) is 0 Å². The van der Waals surface area contributed by atoms with Crippen molar-refractivity contribution in [2.75, 3.05) is 11.9 Å². The number of carbonyl (C=O) groups excluding carboxylic acids is 1. The number of nitrogens with zero attached hydrogens (tertiary/aromatic N) is 6. The van der Waals surface area contributed by atoms with Gasteiger partial charge < -0.3 is 10.6 Å². The first-order valence-corrected chi connectivity index (χ1v) is 12.4. The Balaban J connectivity index is 1.43. The summed E-state index contributed by atoms with van der Waals surface area (Å²) in [6.07, 6.45) is 10.4. The van der Waals surface area contributed by atoms with Gasteiger partial charge in [0.1, 0.15) is 6.04 Å². The number of rotatable bonds is 5. The van der Waals surface area contributed by atoms with Gasteiger partial charge in [0.15, 0.2) is 11.5 Å². The third kappa shape index (κ3) is 3.86. The van der Waals surface area contributed by atoms with E-state index in [1.54, 1.807) is 4.52 Å². The quantitative estimate of drug-likeness (QED) is 0.425. The van der Waals surface area contributed by atoms with Gasteiger partial charge in [0.05, 0.1) is 17.3 Å². The predicted octanol–water partition coefficient (Wildman–Crippen LogP) is 3.78. The Kier molecular flexibility index (Phi) is 5.24. The minimum Gasteiger partial charge on any atom is -0.354 e. The van der Waals surface area contributed by atoms with E-state index in [-0.39, 0.29) is 11.9 Å². The topological polar surface area (TPSA) is 102 Å². The van der Waals surface area contributed by atoms with Crippen molar-refractivity contribution in [2.24, 2.45) is 5.92 Å². The molecule has 0 radical (unpaired) electrons. The van der Waals surface area contributed by atoms with Crippen LogP contribution in [-0.2, 0) is 11.3 Å². The minimum atomic E-state index is -0.360. The van der Waals surface area contributed by atoms with E-state index in [9.17, 15) is 4.79 Å². The number of aromatic nitrogens is 6. The molecule has 9 nitrogen and oxygen atoms in total. The molecule has 0 bridgehead atoms. The summed E-state index contributed by atoms with van der Waals surface area (Å²) in [6.45, 7) is 1.65. The summed E-state index contributed by atoms with van der Waals surface area (Å²) in [5.74, 6) is 1.82. The monoisotopic (exact) mass is 508 g/mol. The van der Waals surface area contributed by atoms with Crippen molar-refractivity contribution in [2.45, 2.75) is 51.1 Å². The number of para-hydroxylation sites is 1. The average molecular weight is 509 g/mol. The first-order valence-electron chi connectivity index (χ1n) is 11.6. The van der Waals surface area contributed by atoms with E-state index in [4.69, 9.17) is 15.1 Å². The second-order valence-corrected chi connectivity index (χ2v) is 9.83. The summed E-state index contributed by atoms with van der Waals surface area (Å²) in [5.41, 5.74) is 2.35. The zero-order chi connectivity index (χ0) is 22.4. The molecule has 33 heavy (non-hydrogen) atoms. The summed E-state index contributed by atoms with van der Waals surface area (Å²) in [7, 11) is 0. The third-order valence-electron chi connectivity index (χ3n) is 6.65. The van der Waals surface area contributed by atoms with Gasteiger partial charge in [0.2, 0.25) is 11.9 Å². The van der Waals surface area contributed by atoms with Crippen molar-refractivity contribution in [3.05, 3.63) is 35.1 Å². The Morgan fingerprint density at radius 1 is 1.15 bits per heavy atom. The maximum Gasteiger partial charge on any atom is 0.242 e. The fourth-order valence-corrected chi connectivity index (χ4v) is 5.02. The molecule has 1 atom stereocenters. The van der Waals surface area contributed by atoms with Crippen molar-refractivity contribution in [1.82, 2.24) is 34.7 Å². The lowest BCUT2D eigenvalue weighted by Crippen LogP contribution is -2.38. The van der Waals surface area contributed by atoms with Crippen LogP contribution in [0.2, 0.25) is 0 Å². The Morgan fingerprint density at radius 2 is 2.06 bits per heavy atom. The van der Waals surface area contributed by atoms with Crippen LogP contribution in [0, 0.1) is 5.92 Å². The zero-order valence-electron chi connectivity index (χ0n) is 18.2. The molecule has 1 amide bonds. The number of anilines is 1. The third-order valence-corrected chi connectivity index (χ3v) is 7.29. The lowest BCUT2D eigenvalue weighted by Gasteiger charge is -2.24. The summed E-state index contributed by atoms with van der Waals surface area (Å²) in [5, 5.41) is 16.5. The van der Waals surface area contributed by atoms with Gasteiger partial charge in [-0.05, 0) is 66.1 Å². The molecule has 1 aromatic carbocycles. The fourth-order valence-electron chi connectivity index (χ4n) is 4.56. The SMILES string of the molecule is O=C1NCCCC[C@H]1Nc1nc2c(Br)cccc2c2nc(-c3cnn(CC4CCC4)c3)nn12. The second kappa shape index (κ2) is 8.40. The van der Waals surface area contributed by atoms with Gasteiger partial charge in [-0.25, -0.2) is 9.97 Å². The van der Waals surface area contributed by atoms with Gasteiger partial charge in [-0.2, -0.15) is 9.61 Å². The molecule has 1 saturated carbocycles. The lowest BCUT2D eigenvalue weighted by molar-refractivity contribution is -0.121. The van der Waals surface area contributed by atoms with Crippen molar-refractivity contribution >= 4 is 44.3 Å². The van der Waals surface area contributed by atoms with Crippen molar-refractivity contribution in [3.63, 3.8) is 0 Å². The number of benzene rings is 1. The van der Waals surface area contributed by atoms with E-state index in [1.165, 1.54) is 19.3 Å². The Hall–Kier alpha value is -3.01. The van der Waals surface area contributed by atoms with Crippen LogP contribution in [0.15, 0.2) is 35.1 Å². The molecule has 2 N–H and O–H groups in total. The first-order chi connectivity index (χ1) is 16.2. The molecule has 2 fully saturated rings. The van der Waals surface area contributed by atoms with Crippen LogP contribution in [0.5, 0.6) is 0 Å². The van der Waals surface area contributed by atoms with E-state index >= 15 is 0 Å². The fraction of sp³-hybridized carbons (Fsp3) is 0.435. The molecule has 4 aromatic rings. The number of halogens is 1. The van der Waals surface area contributed by atoms with E-state index in [0.29, 0.717) is 24.0 Å². The van der Waals surface area contributed by atoms with Gasteiger partial charge in [-0.3, -0.25) is 9.48 Å². The molecule has 1 aliphatic carbocycles. The molecule has 170 valence electrons. The number of carbonyl (C=O) groups is 1. The second-order valence-electron chi connectivity index (χ2n) is 8.97. The molecule has 6 rings (SSSR count). The van der Waals surface area contributed by atoms with Gasteiger partial charge in [0, 0.05) is 29.1 Å². The highest BCUT2D eigenvalue weighted by Gasteiger charge is 2.24. The van der Waals surface area contributed by atoms with Gasteiger partial charge in [-0.1, -0.05) is 12.5 Å². The average Bonchev–Trinajstić information content (AvgIpc) is 3.38. The summed E-state index contributed by atoms with van der Waals surface area (Å²) < 4.78 is 4.58. The molecular formula is C23H25BrN8O. The predicted molar refractivity (Wildman–Crippen MR) is 129 cm³/mol. The standard InChI is InChI=1S/C23H25BrN8O/c24-17-8-4-7-16-19(17)28-23(27-18-9-1-2-10-25-22(18)33)32-21(16)29-20(30-32)15-11-26-31(13-15)12-14-5-3-6-14/h4,7-8,11,13-14,18H,1-3,5-6,9-10,12H2,(H,25,33)(H,27,28)/t18-/m1/s1. The van der Waals surface area contributed by atoms with E-state index in [0.717, 1.165) is 52.7 Å². The maximum absolute atomic E-state index is 12.6. The number of nitrogens with one attached hydrogen (secondary N) is 2. The molecule has 10 heteroatoms. The number of hydrogen-bond donors (Lipinski definition) is 2. The van der Waals surface area contributed by atoms with Gasteiger partial charge in [-0.15, -0.1) is 5.10 Å². The van der Waals surface area contributed by atoms with Crippen LogP contribution in [0.1, 0.15) is 38.5 Å². The molecule has 0 spiro atoms. The largest absolute Gasteiger partial charge is 0.354 e. The van der Waals surface area contributed by atoms with Crippen molar-refractivity contribution in [1.29, 1.82) is 0 Å². The normalized spacial score (nSPS) is 19.4. The minimum absolute atomic E-state index is 0.00714. The van der Waals surface area contributed by atoms with E-state index in [2.05, 4.69) is 31.7 Å². The lowest BCUT2D eigenvalue weighted by atomic mass is 9.85. The van der Waals surface area contributed by atoms with E-state index in [1.807, 2.05) is 35.3 Å². The summed E-state index contributed by atoms with van der Waals surface area (Å²) in [6, 6.07) is 5.55. The summed E-state index contributed by atoms with van der Waals surface area (Å²) in [4.78, 5) is 22.3. The number of amides is 1. The van der Waals surface area contributed by atoms with Crippen LogP contribution in [0.3, 0.4) is 0 Å². The molecule has 2 aliphatic rings. The molecule has 1 aliphatic heterocycles. The van der Waals surface area contributed by atoms with Gasteiger partial charge >= 0.3 is 0 Å². The smallest absolute Gasteiger partial charge is 0.242 e. The molecule has 1 saturated heterocycles. The summed E-state index contributed by atoms with van der Waals surface area (Å²) >= 11 is 3.62. The van der Waals surface area contributed by atoms with Crippen LogP contribution < -0.4 is 10.6 Å². The van der Waals surface area contributed by atoms with Crippen LogP contribution in [0.4, 0.5) is 5.95 Å². The van der Waals surface area contributed by atoms with E-state index < -0.39 is 0 Å². The van der Waals surface area contributed by atoms with Crippen molar-refractivity contribution < 1.29 is 4.79 Å². The zero-order valence-corrected chi connectivity index (χ0v) is 19.8. The van der Waals surface area contributed by atoms with Crippen LogP contribution in [0.25, 0.3) is 27.9 Å². The molecule has 0 unspecified atom stereocenters. The Labute approximate surface area is 199 Å². The highest BCUT2D eigenvalue weighted by Crippen LogP contribution is 2.30. The van der Waals surface area contributed by atoms with Crippen LogP contribution >= 0.6 is 15.9 Å². The Morgan fingerprint density at radius 3 is 2.91 bits per heavy atom. The Bertz CT molecular complexity index is 1340. The number of fused-ring (bicyclic) bond motifs is 3. The maximum atomic E-state index is 12.6.